The normalized spacial score (nSPS) is 15.5. The predicted molar refractivity (Wildman–Crippen MR) is 111 cm³/mol. The molecule has 3 rings (SSSR count). The van der Waals surface area contributed by atoms with Crippen molar-refractivity contribution in [3.05, 3.63) is 65.5 Å². The van der Waals surface area contributed by atoms with Gasteiger partial charge in [-0.25, -0.2) is 4.39 Å². The SMILES string of the molecule is C[C@H](Oc1ccc(F)cc1)C(=O)NNC(=O)c1ccc(C2SCCCS2)cc1. The Kier molecular flexibility index (Phi) is 7.22. The van der Waals surface area contributed by atoms with E-state index >= 15 is 0 Å². The predicted octanol–water partition coefficient (Wildman–Crippen LogP) is 3.92. The van der Waals surface area contributed by atoms with E-state index in [-0.39, 0.29) is 5.82 Å². The number of hydrogen-bond acceptors (Lipinski definition) is 5. The second-order valence-electron chi connectivity index (χ2n) is 6.21. The molecule has 2 amide bonds. The van der Waals surface area contributed by atoms with Gasteiger partial charge in [-0.1, -0.05) is 12.1 Å². The van der Waals surface area contributed by atoms with Crippen LogP contribution in [0.3, 0.4) is 0 Å². The van der Waals surface area contributed by atoms with Crippen molar-refractivity contribution < 1.29 is 18.7 Å². The minimum absolute atomic E-state index is 0.365. The lowest BCUT2D eigenvalue weighted by Gasteiger charge is -2.21. The first-order chi connectivity index (χ1) is 13.5. The Morgan fingerprint density at radius 2 is 1.68 bits per heavy atom. The van der Waals surface area contributed by atoms with Gasteiger partial charge < -0.3 is 4.74 Å². The Bertz CT molecular complexity index is 809. The maximum Gasteiger partial charge on any atom is 0.279 e. The monoisotopic (exact) mass is 420 g/mol. The fraction of sp³-hybridized carbons (Fsp3) is 0.300. The van der Waals surface area contributed by atoms with Crippen molar-refractivity contribution in [2.45, 2.75) is 24.0 Å². The fourth-order valence-corrected chi connectivity index (χ4v) is 5.43. The van der Waals surface area contributed by atoms with Crippen molar-refractivity contribution in [3.63, 3.8) is 0 Å². The number of nitrogens with one attached hydrogen (secondary N) is 2. The molecule has 2 aromatic carbocycles. The van der Waals surface area contributed by atoms with E-state index in [1.165, 1.54) is 36.2 Å². The van der Waals surface area contributed by atoms with E-state index in [1.54, 1.807) is 19.1 Å². The molecular formula is C20H21FN2O3S2. The van der Waals surface area contributed by atoms with Gasteiger partial charge in [0, 0.05) is 5.56 Å². The summed E-state index contributed by atoms with van der Waals surface area (Å²) in [6.07, 6.45) is 0.378. The molecule has 2 N–H and O–H groups in total. The zero-order chi connectivity index (χ0) is 19.9. The number of carbonyl (C=O) groups is 2. The topological polar surface area (TPSA) is 67.4 Å². The average molecular weight is 421 g/mol. The molecule has 1 aliphatic heterocycles. The molecule has 0 bridgehead atoms. The molecule has 0 spiro atoms. The number of amides is 2. The molecule has 1 aliphatic rings. The van der Waals surface area contributed by atoms with Gasteiger partial charge in [0.1, 0.15) is 11.6 Å². The lowest BCUT2D eigenvalue weighted by Crippen LogP contribution is -2.47. The number of hydrazine groups is 1. The van der Waals surface area contributed by atoms with Gasteiger partial charge in [-0.15, -0.1) is 23.5 Å². The van der Waals surface area contributed by atoms with Crippen LogP contribution in [0.4, 0.5) is 4.39 Å². The van der Waals surface area contributed by atoms with Crippen molar-refractivity contribution >= 4 is 35.3 Å². The molecular weight excluding hydrogens is 399 g/mol. The van der Waals surface area contributed by atoms with Crippen LogP contribution in [0.15, 0.2) is 48.5 Å². The van der Waals surface area contributed by atoms with Gasteiger partial charge in [0.25, 0.3) is 11.8 Å². The van der Waals surface area contributed by atoms with Crippen LogP contribution in [0.1, 0.15) is 33.8 Å². The van der Waals surface area contributed by atoms with Gasteiger partial charge in [-0.2, -0.15) is 0 Å². The zero-order valence-corrected chi connectivity index (χ0v) is 16.9. The molecule has 1 fully saturated rings. The summed E-state index contributed by atoms with van der Waals surface area (Å²) in [5, 5.41) is 0. The first-order valence-electron chi connectivity index (χ1n) is 8.88. The molecule has 8 heteroatoms. The number of thioether (sulfide) groups is 2. The molecule has 1 atom stereocenters. The third-order valence-electron chi connectivity index (χ3n) is 4.07. The largest absolute Gasteiger partial charge is 0.481 e. The molecule has 0 unspecified atom stereocenters. The van der Waals surface area contributed by atoms with Gasteiger partial charge in [0.2, 0.25) is 0 Å². The number of rotatable bonds is 5. The smallest absolute Gasteiger partial charge is 0.279 e. The molecule has 0 radical (unpaired) electrons. The van der Waals surface area contributed by atoms with E-state index in [0.29, 0.717) is 15.9 Å². The van der Waals surface area contributed by atoms with Crippen molar-refractivity contribution in [1.82, 2.24) is 10.9 Å². The number of hydrogen-bond donors (Lipinski definition) is 2. The second-order valence-corrected chi connectivity index (χ2v) is 8.93. The first kappa shape index (κ1) is 20.5. The maximum absolute atomic E-state index is 12.9. The van der Waals surface area contributed by atoms with Crippen LogP contribution in [0.5, 0.6) is 5.75 Å². The van der Waals surface area contributed by atoms with Crippen LogP contribution in [-0.2, 0) is 4.79 Å². The highest BCUT2D eigenvalue weighted by molar-refractivity contribution is 8.16. The highest BCUT2D eigenvalue weighted by Gasteiger charge is 2.18. The summed E-state index contributed by atoms with van der Waals surface area (Å²) in [5.41, 5.74) is 6.38. The van der Waals surface area contributed by atoms with Crippen LogP contribution >= 0.6 is 23.5 Å². The lowest BCUT2D eigenvalue weighted by molar-refractivity contribution is -0.128. The van der Waals surface area contributed by atoms with Gasteiger partial charge in [0.05, 0.1) is 4.58 Å². The number of halogens is 1. The van der Waals surface area contributed by atoms with Gasteiger partial charge in [-0.05, 0) is 66.8 Å². The van der Waals surface area contributed by atoms with E-state index < -0.39 is 17.9 Å². The van der Waals surface area contributed by atoms with Crippen LogP contribution in [0.25, 0.3) is 0 Å². The lowest BCUT2D eigenvalue weighted by atomic mass is 10.1. The molecule has 0 aromatic heterocycles. The Morgan fingerprint density at radius 3 is 2.32 bits per heavy atom. The maximum atomic E-state index is 12.9. The number of carbonyl (C=O) groups excluding carboxylic acids is 2. The van der Waals surface area contributed by atoms with E-state index in [1.807, 2.05) is 35.7 Å². The van der Waals surface area contributed by atoms with Gasteiger partial charge in [0.15, 0.2) is 6.10 Å². The fourth-order valence-electron chi connectivity index (χ4n) is 2.53. The van der Waals surface area contributed by atoms with Crippen LogP contribution < -0.4 is 15.6 Å². The highest BCUT2D eigenvalue weighted by Crippen LogP contribution is 2.43. The van der Waals surface area contributed by atoms with Gasteiger partial charge >= 0.3 is 0 Å². The highest BCUT2D eigenvalue weighted by atomic mass is 32.2. The Balaban J connectivity index is 1.48. The standard InChI is InChI=1S/C20H21FN2O3S2/c1-13(26-17-9-7-16(21)8-10-17)18(24)22-23-19(25)14-3-5-15(6-4-14)20-27-11-2-12-28-20/h3-10,13,20H,2,11-12H2,1H3,(H,22,24)(H,23,25)/t13-/m0/s1. The summed E-state index contributed by atoms with van der Waals surface area (Å²) < 4.78 is 18.7. The van der Waals surface area contributed by atoms with Crippen molar-refractivity contribution in [3.8, 4) is 5.75 Å². The van der Waals surface area contributed by atoms with Crippen molar-refractivity contribution in [2.24, 2.45) is 0 Å². The number of benzene rings is 2. The third kappa shape index (κ3) is 5.65. The summed E-state index contributed by atoms with van der Waals surface area (Å²) in [5.74, 6) is 1.38. The molecule has 28 heavy (non-hydrogen) atoms. The molecule has 2 aromatic rings. The molecule has 0 saturated carbocycles. The van der Waals surface area contributed by atoms with E-state index in [2.05, 4.69) is 10.9 Å². The van der Waals surface area contributed by atoms with Gasteiger partial charge in [-0.3, -0.25) is 20.4 Å². The van der Waals surface area contributed by atoms with E-state index in [9.17, 15) is 14.0 Å². The summed E-state index contributed by atoms with van der Waals surface area (Å²) in [6.45, 7) is 1.54. The molecule has 148 valence electrons. The van der Waals surface area contributed by atoms with E-state index in [4.69, 9.17) is 4.74 Å². The summed E-state index contributed by atoms with van der Waals surface area (Å²) in [7, 11) is 0. The Hall–Kier alpha value is -2.19. The Labute approximate surface area is 171 Å². The summed E-state index contributed by atoms with van der Waals surface area (Å²) in [4.78, 5) is 24.3. The first-order valence-corrected chi connectivity index (χ1v) is 11.0. The molecule has 1 heterocycles. The average Bonchev–Trinajstić information content (AvgIpc) is 2.74. The van der Waals surface area contributed by atoms with Crippen molar-refractivity contribution in [1.29, 1.82) is 0 Å². The summed E-state index contributed by atoms with van der Waals surface area (Å²) >= 11 is 3.84. The van der Waals surface area contributed by atoms with E-state index in [0.717, 1.165) is 11.5 Å². The minimum atomic E-state index is -0.853. The van der Waals surface area contributed by atoms with Crippen LogP contribution in [-0.4, -0.2) is 29.4 Å². The zero-order valence-electron chi connectivity index (χ0n) is 15.3. The Morgan fingerprint density at radius 1 is 1.04 bits per heavy atom. The number of ether oxygens (including phenoxy) is 1. The quantitative estimate of drug-likeness (QED) is 0.718. The molecule has 0 aliphatic carbocycles. The van der Waals surface area contributed by atoms with Crippen LogP contribution in [0, 0.1) is 5.82 Å². The van der Waals surface area contributed by atoms with Crippen molar-refractivity contribution in [2.75, 3.05) is 11.5 Å². The molecule has 1 saturated heterocycles. The third-order valence-corrected chi connectivity index (χ3v) is 7.08. The second kappa shape index (κ2) is 9.84. The van der Waals surface area contributed by atoms with Crippen LogP contribution in [0.2, 0.25) is 0 Å². The summed E-state index contributed by atoms with van der Waals surface area (Å²) in [6, 6.07) is 12.8. The minimum Gasteiger partial charge on any atom is -0.481 e. The molecule has 5 nitrogen and oxygen atoms in total.